The highest BCUT2D eigenvalue weighted by Crippen LogP contribution is 2.14. The summed E-state index contributed by atoms with van der Waals surface area (Å²) in [5.74, 6) is -0.822. The summed E-state index contributed by atoms with van der Waals surface area (Å²) in [6.45, 7) is 5.25. The number of carboxylic acids is 1. The number of hydrogen-bond acceptors (Lipinski definition) is 1. The van der Waals surface area contributed by atoms with Crippen LogP contribution in [0, 0.1) is 13.8 Å². The molecule has 2 aromatic rings. The molecule has 0 aliphatic carbocycles. The molecule has 0 spiro atoms. The zero-order valence-electron chi connectivity index (χ0n) is 15.9. The van der Waals surface area contributed by atoms with Crippen LogP contribution in [-0.4, -0.2) is 53.2 Å². The van der Waals surface area contributed by atoms with Crippen molar-refractivity contribution >= 4 is 18.1 Å². The molecule has 0 saturated carbocycles. The van der Waals surface area contributed by atoms with Gasteiger partial charge in [0.1, 0.15) is 0 Å². The van der Waals surface area contributed by atoms with Gasteiger partial charge in [0.05, 0.1) is 34.1 Å². The van der Waals surface area contributed by atoms with E-state index in [0.29, 0.717) is 0 Å². The monoisotopic (exact) mass is 344 g/mol. The van der Waals surface area contributed by atoms with Crippen molar-refractivity contribution in [1.29, 1.82) is 0 Å². The molecule has 2 rings (SSSR count). The third-order valence-electron chi connectivity index (χ3n) is 4.20. The number of rotatable bonds is 7. The minimum absolute atomic E-state index is 0.0251. The Morgan fingerprint density at radius 1 is 1.20 bits per heavy atom. The highest BCUT2D eigenvalue weighted by atomic mass is 16.4. The van der Waals surface area contributed by atoms with Gasteiger partial charge < -0.3 is 19.6 Å². The number of hydrogen-bond donors (Lipinski definition) is 3. The van der Waals surface area contributed by atoms with Crippen LogP contribution in [0.2, 0.25) is 0 Å². The molecule has 0 aliphatic rings. The SMILES string of the molecule is Cc1cc(CCC[N+](C)(C)C)c(/C=c2\[nH]/c(=C/CC(=O)O)cc2C)[nH]1. The minimum atomic E-state index is -0.822. The largest absolute Gasteiger partial charge is 0.481 e. The second-order valence-corrected chi connectivity index (χ2v) is 7.78. The van der Waals surface area contributed by atoms with Crippen molar-refractivity contribution in [2.45, 2.75) is 33.1 Å². The van der Waals surface area contributed by atoms with Crippen molar-refractivity contribution in [2.24, 2.45) is 0 Å². The van der Waals surface area contributed by atoms with E-state index in [0.717, 1.165) is 51.5 Å². The molecule has 3 N–H and O–H groups in total. The molecule has 0 saturated heterocycles. The van der Waals surface area contributed by atoms with E-state index in [1.54, 1.807) is 6.08 Å². The van der Waals surface area contributed by atoms with Crippen molar-refractivity contribution in [1.82, 2.24) is 9.97 Å². The van der Waals surface area contributed by atoms with Gasteiger partial charge in [0.25, 0.3) is 0 Å². The number of carbonyl (C=O) groups is 1. The highest BCUT2D eigenvalue weighted by molar-refractivity contribution is 5.72. The Morgan fingerprint density at radius 2 is 1.92 bits per heavy atom. The zero-order chi connectivity index (χ0) is 18.6. The molecule has 0 atom stereocenters. The molecule has 0 radical (unpaired) electrons. The molecule has 2 heterocycles. The van der Waals surface area contributed by atoms with Crippen LogP contribution < -0.4 is 10.7 Å². The Kier molecular flexibility index (Phi) is 5.90. The van der Waals surface area contributed by atoms with Gasteiger partial charge in [0.2, 0.25) is 0 Å². The quantitative estimate of drug-likeness (QED) is 0.669. The molecule has 0 aliphatic heterocycles. The van der Waals surface area contributed by atoms with Crippen molar-refractivity contribution in [3.05, 3.63) is 45.3 Å². The minimum Gasteiger partial charge on any atom is -0.481 e. The molecule has 25 heavy (non-hydrogen) atoms. The molecule has 0 fully saturated rings. The van der Waals surface area contributed by atoms with Crippen LogP contribution in [0.25, 0.3) is 12.2 Å². The average molecular weight is 344 g/mol. The van der Waals surface area contributed by atoms with Crippen molar-refractivity contribution in [3.8, 4) is 0 Å². The number of quaternary nitrogens is 1. The van der Waals surface area contributed by atoms with Crippen LogP contribution in [-0.2, 0) is 11.2 Å². The number of aliphatic carboxylic acids is 1. The average Bonchev–Trinajstić information content (AvgIpc) is 2.99. The Labute approximate surface area is 149 Å². The Hall–Kier alpha value is -2.27. The van der Waals surface area contributed by atoms with E-state index in [4.69, 9.17) is 5.11 Å². The standard InChI is InChI=1S/C20H29N3O2/c1-14-11-17(8-9-20(24)25)22-18(14)13-19-16(12-15(2)21-19)7-6-10-23(3,4)5/h8,11-13,21-22H,6-7,9-10H2,1-5H3/p+1/b17-8+,18-13-. The highest BCUT2D eigenvalue weighted by Gasteiger charge is 2.09. The summed E-state index contributed by atoms with van der Waals surface area (Å²) in [5, 5.41) is 10.7. The maximum Gasteiger partial charge on any atom is 0.307 e. The number of carboxylic acid groups (broad SMARTS) is 1. The van der Waals surface area contributed by atoms with Crippen LogP contribution in [0.5, 0.6) is 0 Å². The van der Waals surface area contributed by atoms with E-state index in [2.05, 4.69) is 50.2 Å². The predicted molar refractivity (Wildman–Crippen MR) is 102 cm³/mol. The fourth-order valence-electron chi connectivity index (χ4n) is 2.95. The maximum absolute atomic E-state index is 10.7. The van der Waals surface area contributed by atoms with Gasteiger partial charge in [-0.2, -0.15) is 0 Å². The molecule has 136 valence electrons. The van der Waals surface area contributed by atoms with Gasteiger partial charge in [-0.3, -0.25) is 4.79 Å². The summed E-state index contributed by atoms with van der Waals surface area (Å²) in [4.78, 5) is 17.5. The lowest BCUT2D eigenvalue weighted by molar-refractivity contribution is -0.870. The topological polar surface area (TPSA) is 68.9 Å². The number of H-pyrrole nitrogens is 2. The molecule has 0 unspecified atom stereocenters. The molecule has 5 heteroatoms. The molecule has 0 bridgehead atoms. The summed E-state index contributed by atoms with van der Waals surface area (Å²) in [6, 6.07) is 4.21. The first-order valence-electron chi connectivity index (χ1n) is 8.72. The predicted octanol–water partition coefficient (Wildman–Crippen LogP) is 1.68. The summed E-state index contributed by atoms with van der Waals surface area (Å²) in [7, 11) is 6.65. The van der Waals surface area contributed by atoms with E-state index in [9.17, 15) is 4.79 Å². The smallest absolute Gasteiger partial charge is 0.307 e. The zero-order valence-corrected chi connectivity index (χ0v) is 15.9. The molecular formula is C20H30N3O2+. The second kappa shape index (κ2) is 7.74. The first kappa shape index (κ1) is 19.1. The fraction of sp³-hybridized carbons (Fsp3) is 0.450. The molecule has 0 aromatic carbocycles. The maximum atomic E-state index is 10.7. The Morgan fingerprint density at radius 3 is 2.56 bits per heavy atom. The van der Waals surface area contributed by atoms with E-state index in [1.807, 2.05) is 13.0 Å². The lowest BCUT2D eigenvalue weighted by Gasteiger charge is -2.23. The summed E-state index contributed by atoms with van der Waals surface area (Å²) in [6.07, 6.45) is 6.04. The van der Waals surface area contributed by atoms with Crippen molar-refractivity contribution in [2.75, 3.05) is 27.7 Å². The first-order valence-corrected chi connectivity index (χ1v) is 8.72. The summed E-state index contributed by atoms with van der Waals surface area (Å²) < 4.78 is 0.973. The number of aromatic amines is 2. The fourth-order valence-corrected chi connectivity index (χ4v) is 2.95. The molecular weight excluding hydrogens is 314 g/mol. The number of nitrogens with zero attached hydrogens (tertiary/aromatic N) is 1. The number of aryl methyl sites for hydroxylation is 3. The number of nitrogens with one attached hydrogen (secondary N) is 2. The molecule has 5 nitrogen and oxygen atoms in total. The summed E-state index contributed by atoms with van der Waals surface area (Å²) >= 11 is 0. The van der Waals surface area contributed by atoms with Gasteiger partial charge in [-0.25, -0.2) is 0 Å². The van der Waals surface area contributed by atoms with Gasteiger partial charge in [-0.1, -0.05) is 0 Å². The van der Waals surface area contributed by atoms with Crippen molar-refractivity contribution in [3.63, 3.8) is 0 Å². The van der Waals surface area contributed by atoms with Crippen LogP contribution >= 0.6 is 0 Å². The number of aromatic nitrogens is 2. The van der Waals surface area contributed by atoms with E-state index >= 15 is 0 Å². The van der Waals surface area contributed by atoms with Gasteiger partial charge >= 0.3 is 5.97 Å². The van der Waals surface area contributed by atoms with Gasteiger partial charge in [0, 0.05) is 28.5 Å². The Balaban J connectivity index is 2.26. The summed E-state index contributed by atoms with van der Waals surface area (Å²) in [5.41, 5.74) is 4.74. The third-order valence-corrected chi connectivity index (χ3v) is 4.20. The van der Waals surface area contributed by atoms with Crippen LogP contribution in [0.3, 0.4) is 0 Å². The van der Waals surface area contributed by atoms with E-state index in [1.165, 1.54) is 5.56 Å². The lowest BCUT2D eigenvalue weighted by atomic mass is 10.1. The molecule has 0 amide bonds. The Bertz CT molecular complexity index is 851. The van der Waals surface area contributed by atoms with Gasteiger partial charge in [0.15, 0.2) is 0 Å². The van der Waals surface area contributed by atoms with E-state index < -0.39 is 5.97 Å². The second-order valence-electron chi connectivity index (χ2n) is 7.78. The molecule has 2 aromatic heterocycles. The van der Waals surface area contributed by atoms with Crippen molar-refractivity contribution < 1.29 is 14.4 Å². The van der Waals surface area contributed by atoms with Gasteiger partial charge in [-0.15, -0.1) is 0 Å². The van der Waals surface area contributed by atoms with E-state index in [-0.39, 0.29) is 6.42 Å². The first-order chi connectivity index (χ1) is 11.6. The third kappa shape index (κ3) is 5.94. The van der Waals surface area contributed by atoms with Crippen LogP contribution in [0.15, 0.2) is 12.1 Å². The van der Waals surface area contributed by atoms with Crippen LogP contribution in [0.1, 0.15) is 35.4 Å². The van der Waals surface area contributed by atoms with Crippen LogP contribution in [0.4, 0.5) is 0 Å². The lowest BCUT2D eigenvalue weighted by Crippen LogP contribution is -2.35. The normalized spacial score (nSPS) is 13.6. The van der Waals surface area contributed by atoms with Gasteiger partial charge in [-0.05, 0) is 55.7 Å².